The minimum absolute atomic E-state index is 0.259. The molecule has 0 radical (unpaired) electrons. The van der Waals surface area contributed by atoms with Crippen LogP contribution in [0.5, 0.6) is 0 Å². The maximum Gasteiger partial charge on any atom is 0.356 e. The Kier molecular flexibility index (Phi) is 4.96. The summed E-state index contributed by atoms with van der Waals surface area (Å²) >= 11 is 0. The number of aromatic nitrogens is 2. The fourth-order valence-corrected chi connectivity index (χ4v) is 1.81. The molecular weight excluding hydrogens is 252 g/mol. The van der Waals surface area contributed by atoms with Crippen LogP contribution in [0.3, 0.4) is 0 Å². The summed E-state index contributed by atoms with van der Waals surface area (Å²) < 4.78 is 6.91. The molecule has 2 rings (SSSR count). The van der Waals surface area contributed by atoms with E-state index in [9.17, 15) is 4.79 Å². The normalized spacial score (nSPS) is 9.95. The van der Waals surface area contributed by atoms with Crippen LogP contribution in [-0.2, 0) is 17.9 Å². The highest BCUT2D eigenvalue weighted by molar-refractivity contribution is 5.87. The molecule has 0 saturated heterocycles. The molecule has 2 aromatic rings. The van der Waals surface area contributed by atoms with Gasteiger partial charge in [-0.25, -0.2) is 4.79 Å². The van der Waals surface area contributed by atoms with Crippen LogP contribution in [0, 0.1) is 12.3 Å². The molecule has 20 heavy (non-hydrogen) atoms. The number of terminal acetylenes is 1. The molecular formula is C16H16N2O2. The summed E-state index contributed by atoms with van der Waals surface area (Å²) in [6.45, 7) is 0.877. The van der Waals surface area contributed by atoms with Crippen LogP contribution in [0.25, 0.3) is 0 Å². The summed E-state index contributed by atoms with van der Waals surface area (Å²) in [6.07, 6.45) is 8.25. The van der Waals surface area contributed by atoms with Crippen molar-refractivity contribution in [3.8, 4) is 12.3 Å². The molecule has 0 aliphatic carbocycles. The molecule has 1 aromatic heterocycles. The quantitative estimate of drug-likeness (QED) is 0.459. The van der Waals surface area contributed by atoms with E-state index in [2.05, 4.69) is 11.0 Å². The smallest absolute Gasteiger partial charge is 0.356 e. The van der Waals surface area contributed by atoms with Crippen molar-refractivity contribution in [3.05, 3.63) is 53.9 Å². The van der Waals surface area contributed by atoms with Crippen LogP contribution >= 0.6 is 0 Å². The van der Waals surface area contributed by atoms with Gasteiger partial charge in [-0.2, -0.15) is 5.10 Å². The van der Waals surface area contributed by atoms with Gasteiger partial charge in [0.15, 0.2) is 0 Å². The summed E-state index contributed by atoms with van der Waals surface area (Å²) in [7, 11) is 0. The van der Waals surface area contributed by atoms with E-state index in [0.717, 1.165) is 12.0 Å². The Labute approximate surface area is 118 Å². The van der Waals surface area contributed by atoms with Crippen molar-refractivity contribution in [2.75, 3.05) is 0 Å². The zero-order valence-corrected chi connectivity index (χ0v) is 11.2. The highest BCUT2D eigenvalue weighted by Gasteiger charge is 2.13. The maximum atomic E-state index is 12.0. The Balaban J connectivity index is 1.92. The Morgan fingerprint density at radius 3 is 2.85 bits per heavy atom. The van der Waals surface area contributed by atoms with Crippen LogP contribution < -0.4 is 0 Å². The van der Waals surface area contributed by atoms with E-state index < -0.39 is 0 Å². The summed E-state index contributed by atoms with van der Waals surface area (Å²) in [6, 6.07) is 11.2. The Morgan fingerprint density at radius 2 is 2.10 bits per heavy atom. The molecule has 0 N–H and O–H groups in total. The lowest BCUT2D eigenvalue weighted by atomic mass is 10.2. The third kappa shape index (κ3) is 3.72. The van der Waals surface area contributed by atoms with Gasteiger partial charge < -0.3 is 4.74 Å². The van der Waals surface area contributed by atoms with Crippen molar-refractivity contribution >= 4 is 5.97 Å². The maximum absolute atomic E-state index is 12.0. The predicted octanol–water partition coefficient (Wildman–Crippen LogP) is 2.65. The van der Waals surface area contributed by atoms with Gasteiger partial charge in [0.2, 0.25) is 0 Å². The first-order valence-corrected chi connectivity index (χ1v) is 6.47. The van der Waals surface area contributed by atoms with E-state index in [0.29, 0.717) is 18.7 Å². The monoisotopic (exact) mass is 268 g/mol. The van der Waals surface area contributed by atoms with Crippen molar-refractivity contribution < 1.29 is 9.53 Å². The van der Waals surface area contributed by atoms with Crippen LogP contribution in [0.2, 0.25) is 0 Å². The summed E-state index contributed by atoms with van der Waals surface area (Å²) in [4.78, 5) is 12.0. The molecule has 4 heteroatoms. The predicted molar refractivity (Wildman–Crippen MR) is 75.9 cm³/mol. The van der Waals surface area contributed by atoms with E-state index in [1.807, 2.05) is 30.3 Å². The number of carbonyl (C=O) groups excluding carboxylic acids is 1. The molecule has 0 spiro atoms. The molecule has 0 unspecified atom stereocenters. The van der Waals surface area contributed by atoms with Crippen molar-refractivity contribution in [1.29, 1.82) is 0 Å². The topological polar surface area (TPSA) is 44.1 Å². The highest BCUT2D eigenvalue weighted by atomic mass is 16.5. The third-order valence-corrected chi connectivity index (χ3v) is 2.83. The minimum Gasteiger partial charge on any atom is -0.456 e. The number of ether oxygens (including phenoxy) is 1. The van der Waals surface area contributed by atoms with E-state index >= 15 is 0 Å². The van der Waals surface area contributed by atoms with Gasteiger partial charge in [0.1, 0.15) is 12.3 Å². The van der Waals surface area contributed by atoms with E-state index in [4.69, 9.17) is 11.2 Å². The molecule has 0 fully saturated rings. The van der Waals surface area contributed by atoms with E-state index in [1.165, 1.54) is 0 Å². The second-order valence-electron chi connectivity index (χ2n) is 4.31. The number of aryl methyl sites for hydroxylation is 1. The number of hydrogen-bond acceptors (Lipinski definition) is 3. The van der Waals surface area contributed by atoms with Gasteiger partial charge in [-0.1, -0.05) is 30.3 Å². The van der Waals surface area contributed by atoms with Gasteiger partial charge in [0.25, 0.3) is 0 Å². The zero-order valence-electron chi connectivity index (χ0n) is 11.2. The third-order valence-electron chi connectivity index (χ3n) is 2.83. The summed E-state index contributed by atoms with van der Waals surface area (Å²) in [5, 5.41) is 4.11. The molecule has 0 amide bonds. The van der Waals surface area contributed by atoms with E-state index in [-0.39, 0.29) is 12.6 Å². The van der Waals surface area contributed by atoms with Crippen LogP contribution in [-0.4, -0.2) is 15.7 Å². The first kappa shape index (κ1) is 13.9. The number of rotatable bonds is 6. The van der Waals surface area contributed by atoms with Crippen LogP contribution in [0.1, 0.15) is 28.9 Å². The second-order valence-corrected chi connectivity index (χ2v) is 4.31. The number of unbranched alkanes of at least 4 members (excludes halogenated alkanes) is 1. The molecule has 0 aliphatic heterocycles. The second kappa shape index (κ2) is 7.15. The van der Waals surface area contributed by atoms with Gasteiger partial charge >= 0.3 is 5.97 Å². The molecule has 0 aliphatic rings. The van der Waals surface area contributed by atoms with Crippen molar-refractivity contribution in [2.24, 2.45) is 0 Å². The number of hydrogen-bond donors (Lipinski definition) is 0. The molecule has 0 atom stereocenters. The molecule has 0 bridgehead atoms. The van der Waals surface area contributed by atoms with Crippen LogP contribution in [0.4, 0.5) is 0 Å². The molecule has 1 heterocycles. The molecule has 1 aromatic carbocycles. The van der Waals surface area contributed by atoms with Gasteiger partial charge in [-0.15, -0.1) is 12.3 Å². The SMILES string of the molecule is C#CCCCn1nccc1C(=O)OCc1ccccc1. The highest BCUT2D eigenvalue weighted by Crippen LogP contribution is 2.07. The van der Waals surface area contributed by atoms with E-state index in [1.54, 1.807) is 16.9 Å². The molecule has 102 valence electrons. The lowest BCUT2D eigenvalue weighted by molar-refractivity contribution is 0.0458. The number of carbonyl (C=O) groups is 1. The molecule has 4 nitrogen and oxygen atoms in total. The van der Waals surface area contributed by atoms with Gasteiger partial charge in [-0.05, 0) is 18.1 Å². The average Bonchev–Trinajstić information content (AvgIpc) is 2.95. The number of esters is 1. The van der Waals surface area contributed by atoms with Crippen molar-refractivity contribution in [1.82, 2.24) is 9.78 Å². The Morgan fingerprint density at radius 1 is 1.30 bits per heavy atom. The summed E-state index contributed by atoms with van der Waals surface area (Å²) in [5.41, 5.74) is 1.41. The summed E-state index contributed by atoms with van der Waals surface area (Å²) in [5.74, 6) is 2.20. The van der Waals surface area contributed by atoms with Crippen molar-refractivity contribution in [3.63, 3.8) is 0 Å². The standard InChI is InChI=1S/C16H16N2O2/c1-2-3-7-12-18-15(10-11-17-18)16(19)20-13-14-8-5-4-6-9-14/h1,4-6,8-11H,3,7,12-13H2. The minimum atomic E-state index is -0.368. The Hall–Kier alpha value is -2.54. The fourth-order valence-electron chi connectivity index (χ4n) is 1.81. The lowest BCUT2D eigenvalue weighted by Gasteiger charge is -2.07. The van der Waals surface area contributed by atoms with Crippen molar-refractivity contribution in [2.45, 2.75) is 26.0 Å². The first-order chi connectivity index (χ1) is 9.81. The largest absolute Gasteiger partial charge is 0.456 e. The van der Waals surface area contributed by atoms with Gasteiger partial charge in [0, 0.05) is 19.2 Å². The van der Waals surface area contributed by atoms with Gasteiger partial charge in [0.05, 0.1) is 0 Å². The Bertz CT molecular complexity index is 596. The number of benzene rings is 1. The number of nitrogens with zero attached hydrogens (tertiary/aromatic N) is 2. The van der Waals surface area contributed by atoms with Gasteiger partial charge in [-0.3, -0.25) is 4.68 Å². The zero-order chi connectivity index (χ0) is 14.2. The lowest BCUT2D eigenvalue weighted by Crippen LogP contribution is -2.13. The molecule has 0 saturated carbocycles. The van der Waals surface area contributed by atoms with Crippen LogP contribution in [0.15, 0.2) is 42.6 Å². The first-order valence-electron chi connectivity index (χ1n) is 6.47. The average molecular weight is 268 g/mol. The fraction of sp³-hybridized carbons (Fsp3) is 0.250.